The summed E-state index contributed by atoms with van der Waals surface area (Å²) in [5.41, 5.74) is 0.837. The second kappa shape index (κ2) is 5.96. The van der Waals surface area contributed by atoms with Crippen LogP contribution in [0.4, 0.5) is 4.79 Å². The Bertz CT molecular complexity index is 555. The van der Waals surface area contributed by atoms with Gasteiger partial charge < -0.3 is 19.8 Å². The normalized spacial score (nSPS) is 18.3. The van der Waals surface area contributed by atoms with Gasteiger partial charge in [0.15, 0.2) is 0 Å². The van der Waals surface area contributed by atoms with Gasteiger partial charge in [0, 0.05) is 18.5 Å². The summed E-state index contributed by atoms with van der Waals surface area (Å²) in [6.07, 6.45) is 2.25. The quantitative estimate of drug-likeness (QED) is 0.900. The number of benzene rings is 1. The minimum atomic E-state index is -0.194. The van der Waals surface area contributed by atoms with E-state index in [1.54, 1.807) is 0 Å². The van der Waals surface area contributed by atoms with Gasteiger partial charge in [0.25, 0.3) is 0 Å². The van der Waals surface area contributed by atoms with Crippen LogP contribution in [-0.2, 0) is 11.3 Å². The van der Waals surface area contributed by atoms with Crippen molar-refractivity contribution in [3.05, 3.63) is 36.1 Å². The third kappa shape index (κ3) is 3.11. The Morgan fingerprint density at radius 2 is 2.20 bits per heavy atom. The minimum absolute atomic E-state index is 0.159. The summed E-state index contributed by atoms with van der Waals surface area (Å²) in [6.45, 7) is 1.74. The molecule has 0 radical (unpaired) electrons. The number of hydrogen-bond acceptors (Lipinski definition) is 3. The highest BCUT2D eigenvalue weighted by atomic mass is 16.5. The predicted octanol–water partition coefficient (Wildman–Crippen LogP) is 2.41. The van der Waals surface area contributed by atoms with Crippen LogP contribution < -0.4 is 10.6 Å². The summed E-state index contributed by atoms with van der Waals surface area (Å²) in [4.78, 5) is 11.7. The molecule has 1 saturated heterocycles. The van der Waals surface area contributed by atoms with Crippen LogP contribution in [0.1, 0.15) is 18.6 Å². The zero-order valence-corrected chi connectivity index (χ0v) is 11.2. The van der Waals surface area contributed by atoms with Gasteiger partial charge in [-0.3, -0.25) is 0 Å². The lowest BCUT2D eigenvalue weighted by atomic mass is 10.2. The van der Waals surface area contributed by atoms with E-state index in [4.69, 9.17) is 9.15 Å². The molecule has 1 aliphatic rings. The summed E-state index contributed by atoms with van der Waals surface area (Å²) >= 11 is 0. The van der Waals surface area contributed by atoms with Gasteiger partial charge in [-0.2, -0.15) is 0 Å². The van der Waals surface area contributed by atoms with E-state index in [1.165, 1.54) is 0 Å². The van der Waals surface area contributed by atoms with Gasteiger partial charge in [0.05, 0.1) is 12.6 Å². The van der Waals surface area contributed by atoms with Gasteiger partial charge in [-0.1, -0.05) is 18.2 Å². The second-order valence-corrected chi connectivity index (χ2v) is 4.95. The molecule has 2 heterocycles. The number of carbonyl (C=O) groups excluding carboxylic acids is 1. The number of ether oxygens (including phenoxy) is 1. The van der Waals surface area contributed by atoms with E-state index in [0.29, 0.717) is 13.1 Å². The Hall–Kier alpha value is -2.01. The fraction of sp³-hybridized carbons (Fsp3) is 0.400. The Kier molecular flexibility index (Phi) is 3.87. The summed E-state index contributed by atoms with van der Waals surface area (Å²) < 4.78 is 11.1. The van der Waals surface area contributed by atoms with Crippen molar-refractivity contribution in [3.8, 4) is 0 Å². The first-order valence-electron chi connectivity index (χ1n) is 6.92. The molecule has 1 unspecified atom stereocenters. The van der Waals surface area contributed by atoms with Crippen LogP contribution in [0.5, 0.6) is 0 Å². The van der Waals surface area contributed by atoms with Crippen LogP contribution >= 0.6 is 0 Å². The summed E-state index contributed by atoms with van der Waals surface area (Å²) in [5.74, 6) is 0.749. The fourth-order valence-corrected chi connectivity index (χ4v) is 2.37. The number of amides is 2. The van der Waals surface area contributed by atoms with Crippen LogP contribution in [0, 0.1) is 0 Å². The molecule has 0 saturated carbocycles. The molecule has 1 aliphatic heterocycles. The first-order chi connectivity index (χ1) is 9.81. The fourth-order valence-electron chi connectivity index (χ4n) is 2.37. The van der Waals surface area contributed by atoms with Crippen molar-refractivity contribution in [2.45, 2.75) is 25.5 Å². The molecule has 0 bridgehead atoms. The van der Waals surface area contributed by atoms with E-state index >= 15 is 0 Å². The van der Waals surface area contributed by atoms with Crippen LogP contribution in [0.2, 0.25) is 0 Å². The largest absolute Gasteiger partial charge is 0.459 e. The van der Waals surface area contributed by atoms with Crippen molar-refractivity contribution in [2.75, 3.05) is 13.2 Å². The van der Waals surface area contributed by atoms with Gasteiger partial charge in [0.2, 0.25) is 0 Å². The van der Waals surface area contributed by atoms with Gasteiger partial charge in [-0.15, -0.1) is 0 Å². The highest BCUT2D eigenvalue weighted by molar-refractivity contribution is 5.78. The lowest BCUT2D eigenvalue weighted by Crippen LogP contribution is -2.39. The Labute approximate surface area is 117 Å². The van der Waals surface area contributed by atoms with Gasteiger partial charge in [-0.05, 0) is 25.0 Å². The van der Waals surface area contributed by atoms with Crippen LogP contribution in [-0.4, -0.2) is 25.3 Å². The highest BCUT2D eigenvalue weighted by Crippen LogP contribution is 2.18. The molecule has 1 atom stereocenters. The molecule has 20 heavy (non-hydrogen) atoms. The molecule has 5 nitrogen and oxygen atoms in total. The number of fused-ring (bicyclic) bond motifs is 1. The average molecular weight is 274 g/mol. The summed E-state index contributed by atoms with van der Waals surface area (Å²) in [6, 6.07) is 9.54. The highest BCUT2D eigenvalue weighted by Gasteiger charge is 2.16. The topological polar surface area (TPSA) is 63.5 Å². The number of para-hydroxylation sites is 1. The lowest BCUT2D eigenvalue weighted by Gasteiger charge is -2.11. The molecule has 5 heteroatoms. The standard InChI is InChI=1S/C15H18N2O3/c18-15(16-9-12-5-3-7-19-12)17-10-13-8-11-4-1-2-6-14(11)20-13/h1-2,4,6,8,12H,3,5,7,9-10H2,(H2,16,17,18). The second-order valence-electron chi connectivity index (χ2n) is 4.95. The maximum atomic E-state index is 11.7. The molecule has 1 aromatic heterocycles. The number of hydrogen-bond donors (Lipinski definition) is 2. The predicted molar refractivity (Wildman–Crippen MR) is 75.4 cm³/mol. The Morgan fingerprint density at radius 1 is 1.30 bits per heavy atom. The van der Waals surface area contributed by atoms with Crippen molar-refractivity contribution in [3.63, 3.8) is 0 Å². The zero-order valence-electron chi connectivity index (χ0n) is 11.2. The van der Waals surface area contributed by atoms with Gasteiger partial charge in [0.1, 0.15) is 11.3 Å². The minimum Gasteiger partial charge on any atom is -0.459 e. The third-order valence-corrected chi connectivity index (χ3v) is 3.41. The van der Waals surface area contributed by atoms with Gasteiger partial charge in [-0.25, -0.2) is 4.79 Å². The lowest BCUT2D eigenvalue weighted by molar-refractivity contribution is 0.111. The van der Waals surface area contributed by atoms with Crippen LogP contribution in [0.25, 0.3) is 11.0 Å². The smallest absolute Gasteiger partial charge is 0.315 e. The molecule has 2 aromatic rings. The molecule has 106 valence electrons. The van der Waals surface area contributed by atoms with Crippen molar-refractivity contribution < 1.29 is 13.9 Å². The van der Waals surface area contributed by atoms with E-state index in [1.807, 2.05) is 30.3 Å². The molecule has 2 amide bonds. The first-order valence-corrected chi connectivity index (χ1v) is 6.92. The molecule has 2 N–H and O–H groups in total. The Morgan fingerprint density at radius 3 is 3.00 bits per heavy atom. The monoisotopic (exact) mass is 274 g/mol. The zero-order chi connectivity index (χ0) is 13.8. The van der Waals surface area contributed by atoms with E-state index in [-0.39, 0.29) is 12.1 Å². The van der Waals surface area contributed by atoms with Crippen LogP contribution in [0.15, 0.2) is 34.7 Å². The molecule has 0 aliphatic carbocycles. The molecule has 1 aromatic carbocycles. The van der Waals surface area contributed by atoms with Crippen molar-refractivity contribution in [1.29, 1.82) is 0 Å². The number of nitrogens with one attached hydrogen (secondary N) is 2. The number of rotatable bonds is 4. The van der Waals surface area contributed by atoms with Crippen molar-refractivity contribution >= 4 is 17.0 Å². The summed E-state index contributed by atoms with van der Waals surface area (Å²) in [5, 5.41) is 6.64. The van der Waals surface area contributed by atoms with Gasteiger partial charge >= 0.3 is 6.03 Å². The summed E-state index contributed by atoms with van der Waals surface area (Å²) in [7, 11) is 0. The molecular formula is C15H18N2O3. The first kappa shape index (κ1) is 13.0. The molecule has 3 rings (SSSR count). The number of carbonyl (C=O) groups is 1. The Balaban J connectivity index is 1.47. The van der Waals surface area contributed by atoms with E-state index in [2.05, 4.69) is 10.6 Å². The SMILES string of the molecule is O=C(NCc1cc2ccccc2o1)NCC1CCCO1. The molecular weight excluding hydrogens is 256 g/mol. The molecule has 1 fully saturated rings. The molecule has 0 spiro atoms. The van der Waals surface area contributed by atoms with Crippen molar-refractivity contribution in [1.82, 2.24) is 10.6 Å². The third-order valence-electron chi connectivity index (χ3n) is 3.41. The van der Waals surface area contributed by atoms with E-state index in [9.17, 15) is 4.79 Å². The maximum Gasteiger partial charge on any atom is 0.315 e. The average Bonchev–Trinajstić information content (AvgIpc) is 3.11. The van der Waals surface area contributed by atoms with Crippen LogP contribution in [0.3, 0.4) is 0 Å². The van der Waals surface area contributed by atoms with Crippen molar-refractivity contribution in [2.24, 2.45) is 0 Å². The maximum absolute atomic E-state index is 11.7. The number of urea groups is 1. The van der Waals surface area contributed by atoms with E-state index in [0.717, 1.165) is 36.2 Å². The van der Waals surface area contributed by atoms with E-state index < -0.39 is 0 Å². The number of furan rings is 1.